The number of rotatable bonds is 0. The first-order valence-electron chi connectivity index (χ1n) is 3.96. The van der Waals surface area contributed by atoms with Gasteiger partial charge in [0.05, 0.1) is 6.20 Å². The summed E-state index contributed by atoms with van der Waals surface area (Å²) in [4.78, 5) is 0. The van der Waals surface area contributed by atoms with Gasteiger partial charge in [0, 0.05) is 15.2 Å². The zero-order valence-electron chi connectivity index (χ0n) is 7.22. The van der Waals surface area contributed by atoms with Crippen molar-refractivity contribution in [2.45, 2.75) is 6.18 Å². The first kappa shape index (κ1) is 10.4. The Labute approximate surface area is 91.2 Å². The Morgan fingerprint density at radius 1 is 1.20 bits per heavy atom. The lowest BCUT2D eigenvalue weighted by Gasteiger charge is -2.07. The average Bonchev–Trinajstić information content (AvgIpc) is 2.15. The molecule has 0 radical (unpaired) electrons. The van der Waals surface area contributed by atoms with Crippen LogP contribution in [0.4, 0.5) is 13.2 Å². The highest BCUT2D eigenvalue weighted by molar-refractivity contribution is 9.10. The lowest BCUT2D eigenvalue weighted by atomic mass is 10.1. The number of aromatic nitrogens is 2. The molecule has 0 amide bonds. The van der Waals surface area contributed by atoms with E-state index in [9.17, 15) is 13.2 Å². The second kappa shape index (κ2) is 3.44. The maximum absolute atomic E-state index is 12.5. The third kappa shape index (κ3) is 1.94. The van der Waals surface area contributed by atoms with E-state index in [1.807, 2.05) is 0 Å². The molecule has 0 aliphatic heterocycles. The van der Waals surface area contributed by atoms with E-state index in [0.717, 1.165) is 0 Å². The quantitative estimate of drug-likeness (QED) is 0.737. The molecule has 2 nitrogen and oxygen atoms in total. The van der Waals surface area contributed by atoms with Gasteiger partial charge in [-0.1, -0.05) is 22.0 Å². The number of hydrogen-bond donors (Lipinski definition) is 0. The van der Waals surface area contributed by atoms with E-state index in [0.29, 0.717) is 9.86 Å². The van der Waals surface area contributed by atoms with E-state index >= 15 is 0 Å². The molecular weight excluding hydrogens is 273 g/mol. The minimum Gasteiger partial charge on any atom is -0.164 e. The third-order valence-electron chi connectivity index (χ3n) is 1.89. The summed E-state index contributed by atoms with van der Waals surface area (Å²) < 4.78 is 38.2. The Hall–Kier alpha value is -1.17. The van der Waals surface area contributed by atoms with E-state index in [1.165, 1.54) is 12.3 Å². The van der Waals surface area contributed by atoms with Crippen molar-refractivity contribution in [1.29, 1.82) is 0 Å². The van der Waals surface area contributed by atoms with Crippen molar-refractivity contribution in [3.8, 4) is 0 Å². The first-order valence-corrected chi connectivity index (χ1v) is 4.76. The van der Waals surface area contributed by atoms with Gasteiger partial charge < -0.3 is 0 Å². The molecule has 0 atom stereocenters. The molecule has 78 valence electrons. The maximum atomic E-state index is 12.5. The van der Waals surface area contributed by atoms with Crippen LogP contribution in [0.3, 0.4) is 0 Å². The Bertz CT molecular complexity index is 510. The Morgan fingerprint density at radius 2 is 1.93 bits per heavy atom. The molecule has 0 spiro atoms. The molecule has 0 fully saturated rings. The topological polar surface area (TPSA) is 25.8 Å². The van der Waals surface area contributed by atoms with Crippen molar-refractivity contribution >= 4 is 26.7 Å². The number of alkyl halides is 3. The third-order valence-corrected chi connectivity index (χ3v) is 2.39. The molecule has 2 aromatic rings. The van der Waals surface area contributed by atoms with Gasteiger partial charge in [0.2, 0.25) is 0 Å². The van der Waals surface area contributed by atoms with Crippen molar-refractivity contribution in [3.05, 3.63) is 34.6 Å². The van der Waals surface area contributed by atoms with Crippen LogP contribution in [0.1, 0.15) is 5.69 Å². The monoisotopic (exact) mass is 276 g/mol. The second-order valence-corrected chi connectivity index (χ2v) is 3.84. The Balaban J connectivity index is 2.77. The molecule has 0 aliphatic rings. The van der Waals surface area contributed by atoms with Gasteiger partial charge in [-0.25, -0.2) is 0 Å². The van der Waals surface area contributed by atoms with Crippen molar-refractivity contribution in [3.63, 3.8) is 0 Å². The number of hydrogen-bond acceptors (Lipinski definition) is 2. The van der Waals surface area contributed by atoms with Gasteiger partial charge in [-0.15, -0.1) is 5.10 Å². The van der Waals surface area contributed by atoms with Crippen LogP contribution in [0.15, 0.2) is 28.9 Å². The predicted octanol–water partition coefficient (Wildman–Crippen LogP) is 3.41. The zero-order valence-corrected chi connectivity index (χ0v) is 8.80. The number of nitrogens with zero attached hydrogens (tertiary/aromatic N) is 2. The van der Waals surface area contributed by atoms with Crippen LogP contribution in [0.2, 0.25) is 0 Å². The number of fused-ring (bicyclic) bond motifs is 1. The molecule has 0 aliphatic carbocycles. The van der Waals surface area contributed by atoms with E-state index in [4.69, 9.17) is 0 Å². The van der Waals surface area contributed by atoms with Crippen molar-refractivity contribution in [1.82, 2.24) is 10.2 Å². The van der Waals surface area contributed by atoms with Gasteiger partial charge in [0.15, 0.2) is 5.69 Å². The highest BCUT2D eigenvalue weighted by Crippen LogP contribution is 2.33. The van der Waals surface area contributed by atoms with Crippen molar-refractivity contribution in [2.24, 2.45) is 0 Å². The summed E-state index contributed by atoms with van der Waals surface area (Å²) in [6, 6.07) is 4.48. The molecular formula is C9H4BrF3N2. The molecule has 6 heteroatoms. The lowest BCUT2D eigenvalue weighted by Crippen LogP contribution is -2.09. The summed E-state index contributed by atoms with van der Waals surface area (Å²) in [5.74, 6) is 0. The van der Waals surface area contributed by atoms with Gasteiger partial charge in [-0.3, -0.25) is 0 Å². The van der Waals surface area contributed by atoms with E-state index < -0.39 is 11.9 Å². The van der Waals surface area contributed by atoms with Crippen LogP contribution in [0.5, 0.6) is 0 Å². The molecule has 1 heterocycles. The second-order valence-electron chi connectivity index (χ2n) is 2.92. The van der Waals surface area contributed by atoms with Crippen LogP contribution < -0.4 is 0 Å². The summed E-state index contributed by atoms with van der Waals surface area (Å²) in [6.07, 6.45) is -3.17. The van der Waals surface area contributed by atoms with Gasteiger partial charge in [0.1, 0.15) is 0 Å². The number of benzene rings is 1. The molecule has 15 heavy (non-hydrogen) atoms. The molecule has 0 bridgehead atoms. The average molecular weight is 277 g/mol. The summed E-state index contributed by atoms with van der Waals surface area (Å²) in [7, 11) is 0. The SMILES string of the molecule is FC(F)(F)c1nncc2cc(Br)ccc12. The summed E-state index contributed by atoms with van der Waals surface area (Å²) in [5.41, 5.74) is -0.951. The summed E-state index contributed by atoms with van der Waals surface area (Å²) >= 11 is 3.18. The molecule has 2 rings (SSSR count). The fourth-order valence-corrected chi connectivity index (χ4v) is 1.65. The van der Waals surface area contributed by atoms with E-state index in [-0.39, 0.29) is 5.39 Å². The predicted molar refractivity (Wildman–Crippen MR) is 52.2 cm³/mol. The van der Waals surface area contributed by atoms with Crippen LogP contribution in [0, 0.1) is 0 Å². The Morgan fingerprint density at radius 3 is 2.60 bits per heavy atom. The van der Waals surface area contributed by atoms with Gasteiger partial charge >= 0.3 is 6.18 Å². The molecule has 1 aromatic heterocycles. The van der Waals surface area contributed by atoms with Gasteiger partial charge in [0.25, 0.3) is 0 Å². The number of halogens is 4. The lowest BCUT2D eigenvalue weighted by molar-refractivity contribution is -0.140. The van der Waals surface area contributed by atoms with Crippen LogP contribution in [-0.2, 0) is 6.18 Å². The fraction of sp³-hybridized carbons (Fsp3) is 0.111. The van der Waals surface area contributed by atoms with Crippen molar-refractivity contribution in [2.75, 3.05) is 0 Å². The normalized spacial score (nSPS) is 12.0. The summed E-state index contributed by atoms with van der Waals surface area (Å²) in [5, 5.41) is 6.91. The summed E-state index contributed by atoms with van der Waals surface area (Å²) in [6.45, 7) is 0. The smallest absolute Gasteiger partial charge is 0.164 e. The fourth-order valence-electron chi connectivity index (χ4n) is 1.27. The standard InChI is InChI=1S/C9H4BrF3N2/c10-6-1-2-7-5(3-6)4-14-15-8(7)9(11,12)13/h1-4H. The minimum absolute atomic E-state index is 0.0562. The molecule has 0 unspecified atom stereocenters. The molecule has 0 N–H and O–H groups in total. The van der Waals surface area contributed by atoms with Crippen molar-refractivity contribution < 1.29 is 13.2 Å². The van der Waals surface area contributed by atoms with Gasteiger partial charge in [-0.05, 0) is 12.1 Å². The molecule has 0 saturated carbocycles. The van der Waals surface area contributed by atoms with Crippen LogP contribution in [-0.4, -0.2) is 10.2 Å². The largest absolute Gasteiger partial charge is 0.435 e. The van der Waals surface area contributed by atoms with E-state index in [2.05, 4.69) is 26.1 Å². The van der Waals surface area contributed by atoms with Gasteiger partial charge in [-0.2, -0.15) is 18.3 Å². The minimum atomic E-state index is -4.47. The van der Waals surface area contributed by atoms with Crippen LogP contribution >= 0.6 is 15.9 Å². The first-order chi connectivity index (χ1) is 6.98. The molecule has 1 aromatic carbocycles. The maximum Gasteiger partial charge on any atom is 0.435 e. The highest BCUT2D eigenvalue weighted by Gasteiger charge is 2.35. The molecule has 0 saturated heterocycles. The zero-order chi connectivity index (χ0) is 11.1. The highest BCUT2D eigenvalue weighted by atomic mass is 79.9. The van der Waals surface area contributed by atoms with E-state index in [1.54, 1.807) is 12.1 Å². The van der Waals surface area contributed by atoms with Crippen LogP contribution in [0.25, 0.3) is 10.8 Å². The Kier molecular flexibility index (Phi) is 2.38.